The number of rotatable bonds is 1. The maximum atomic E-state index is 11.9. The van der Waals surface area contributed by atoms with E-state index in [1.165, 1.54) is 4.57 Å². The second kappa shape index (κ2) is 3.78. The lowest BCUT2D eigenvalue weighted by molar-refractivity contribution is -0.125. The van der Waals surface area contributed by atoms with Crippen LogP contribution in [-0.2, 0) is 22.5 Å². The molecule has 1 aliphatic heterocycles. The van der Waals surface area contributed by atoms with Gasteiger partial charge in [-0.15, -0.1) is 0 Å². The summed E-state index contributed by atoms with van der Waals surface area (Å²) in [6.45, 7) is 0.176. The number of hydrogen-bond donors (Lipinski definition) is 2. The van der Waals surface area contributed by atoms with Gasteiger partial charge < -0.3 is 0 Å². The number of carbonyl (C=O) groups is 1. The van der Waals surface area contributed by atoms with Crippen LogP contribution in [0.15, 0.2) is 4.79 Å². The highest BCUT2D eigenvalue weighted by molar-refractivity contribution is 7.71. The third-order valence-electron chi connectivity index (χ3n) is 3.22. The maximum absolute atomic E-state index is 11.9. The number of carbonyl (C=O) groups excluding carboxylic acids is 1. The van der Waals surface area contributed by atoms with Gasteiger partial charge in [0.2, 0.25) is 0 Å². The van der Waals surface area contributed by atoms with E-state index in [0.717, 1.165) is 30.5 Å². The Morgan fingerprint density at radius 1 is 1.35 bits per heavy atom. The highest BCUT2D eigenvalue weighted by atomic mass is 32.1. The SMILES string of the molecule is O=C1NOCC1n1c2c(c(=S)[nH]c1=O)CCC2. The zero-order valence-electron chi connectivity index (χ0n) is 8.99. The summed E-state index contributed by atoms with van der Waals surface area (Å²) >= 11 is 5.13. The molecular formula is C10H11N3O3S. The van der Waals surface area contributed by atoms with Crippen molar-refractivity contribution in [3.63, 3.8) is 0 Å². The van der Waals surface area contributed by atoms with Crippen molar-refractivity contribution in [2.24, 2.45) is 0 Å². The van der Waals surface area contributed by atoms with Crippen LogP contribution in [0.5, 0.6) is 0 Å². The standard InChI is InChI=1S/C10H11N3O3S/c14-8-7(4-16-12-8)13-6-3-1-2-5(6)9(17)11-10(13)15/h7H,1-4H2,(H,12,14)(H,11,15,17). The highest BCUT2D eigenvalue weighted by Crippen LogP contribution is 2.24. The highest BCUT2D eigenvalue weighted by Gasteiger charge is 2.32. The molecule has 0 bridgehead atoms. The second-order valence-electron chi connectivity index (χ2n) is 4.20. The average molecular weight is 253 g/mol. The molecule has 1 aliphatic carbocycles. The van der Waals surface area contributed by atoms with Crippen molar-refractivity contribution in [2.45, 2.75) is 25.3 Å². The van der Waals surface area contributed by atoms with Gasteiger partial charge in [-0.2, -0.15) is 0 Å². The van der Waals surface area contributed by atoms with Crippen LogP contribution in [0.25, 0.3) is 0 Å². The predicted octanol–water partition coefficient (Wildman–Crippen LogP) is -0.00291. The van der Waals surface area contributed by atoms with E-state index in [1.807, 2.05) is 0 Å². The molecule has 3 rings (SSSR count). The second-order valence-corrected chi connectivity index (χ2v) is 4.61. The van der Waals surface area contributed by atoms with E-state index < -0.39 is 6.04 Å². The molecule has 1 aromatic heterocycles. The number of hydrogen-bond acceptors (Lipinski definition) is 4. The molecule has 6 nitrogen and oxygen atoms in total. The number of amides is 1. The van der Waals surface area contributed by atoms with E-state index in [4.69, 9.17) is 17.1 Å². The molecule has 2 N–H and O–H groups in total. The number of aromatic nitrogens is 2. The number of fused-ring (bicyclic) bond motifs is 1. The fourth-order valence-electron chi connectivity index (χ4n) is 2.45. The first kappa shape index (κ1) is 10.7. The molecule has 17 heavy (non-hydrogen) atoms. The summed E-state index contributed by atoms with van der Waals surface area (Å²) in [5.41, 5.74) is 3.79. The molecule has 0 aromatic carbocycles. The number of nitrogens with zero attached hydrogens (tertiary/aromatic N) is 1. The van der Waals surface area contributed by atoms with Crippen molar-refractivity contribution in [3.05, 3.63) is 26.4 Å². The van der Waals surface area contributed by atoms with E-state index in [9.17, 15) is 9.59 Å². The van der Waals surface area contributed by atoms with Gasteiger partial charge in [0.15, 0.2) is 0 Å². The zero-order chi connectivity index (χ0) is 12.0. The van der Waals surface area contributed by atoms with Gasteiger partial charge in [-0.05, 0) is 19.3 Å². The number of aromatic amines is 1. The van der Waals surface area contributed by atoms with Gasteiger partial charge in [0, 0.05) is 11.3 Å². The van der Waals surface area contributed by atoms with Gasteiger partial charge in [0.25, 0.3) is 5.91 Å². The summed E-state index contributed by atoms with van der Waals surface area (Å²) in [6, 6.07) is -0.582. The van der Waals surface area contributed by atoms with Gasteiger partial charge >= 0.3 is 5.69 Å². The van der Waals surface area contributed by atoms with E-state index in [0.29, 0.717) is 4.64 Å². The monoisotopic (exact) mass is 253 g/mol. The first-order valence-electron chi connectivity index (χ1n) is 5.46. The van der Waals surface area contributed by atoms with Crippen molar-refractivity contribution >= 4 is 18.1 Å². The molecule has 1 saturated heterocycles. The van der Waals surface area contributed by atoms with E-state index >= 15 is 0 Å². The summed E-state index contributed by atoms with van der Waals surface area (Å²) in [5, 5.41) is 0. The van der Waals surface area contributed by atoms with E-state index in [2.05, 4.69) is 10.5 Å². The molecule has 0 spiro atoms. The fourth-order valence-corrected chi connectivity index (χ4v) is 2.76. The zero-order valence-corrected chi connectivity index (χ0v) is 9.80. The van der Waals surface area contributed by atoms with Crippen LogP contribution in [0.2, 0.25) is 0 Å². The van der Waals surface area contributed by atoms with Crippen LogP contribution in [-0.4, -0.2) is 22.1 Å². The molecule has 2 heterocycles. The molecule has 1 amide bonds. The normalized spacial score (nSPS) is 22.6. The minimum absolute atomic E-state index is 0.176. The Morgan fingerprint density at radius 2 is 2.18 bits per heavy atom. The van der Waals surface area contributed by atoms with Gasteiger partial charge in [0.1, 0.15) is 17.3 Å². The molecule has 1 unspecified atom stereocenters. The lowest BCUT2D eigenvalue weighted by Gasteiger charge is -2.14. The first-order chi connectivity index (χ1) is 8.18. The van der Waals surface area contributed by atoms with Gasteiger partial charge in [-0.25, -0.2) is 10.3 Å². The van der Waals surface area contributed by atoms with E-state index in [1.54, 1.807) is 0 Å². The maximum Gasteiger partial charge on any atom is 0.327 e. The van der Waals surface area contributed by atoms with Crippen LogP contribution < -0.4 is 11.2 Å². The van der Waals surface area contributed by atoms with E-state index in [-0.39, 0.29) is 18.2 Å². The predicted molar refractivity (Wildman–Crippen MR) is 61.0 cm³/mol. The van der Waals surface area contributed by atoms with Crippen LogP contribution in [0.1, 0.15) is 23.7 Å². The third kappa shape index (κ3) is 1.54. The average Bonchev–Trinajstić information content (AvgIpc) is 2.88. The molecule has 90 valence electrons. The summed E-state index contributed by atoms with van der Waals surface area (Å²) in [4.78, 5) is 31.0. The molecule has 1 atom stereocenters. The van der Waals surface area contributed by atoms with Crippen LogP contribution in [0.4, 0.5) is 0 Å². The number of H-pyrrole nitrogens is 1. The number of nitrogens with one attached hydrogen (secondary N) is 2. The van der Waals surface area contributed by atoms with Crippen LogP contribution >= 0.6 is 12.2 Å². The Labute approximate surface area is 102 Å². The Morgan fingerprint density at radius 3 is 2.88 bits per heavy atom. The topological polar surface area (TPSA) is 76.1 Å². The van der Waals surface area contributed by atoms with Crippen molar-refractivity contribution in [2.75, 3.05) is 6.61 Å². The minimum Gasteiger partial charge on any atom is -0.298 e. The van der Waals surface area contributed by atoms with Gasteiger partial charge in [0.05, 0.1) is 0 Å². The molecule has 0 radical (unpaired) electrons. The Bertz CT molecular complexity index is 604. The van der Waals surface area contributed by atoms with Gasteiger partial charge in [-0.1, -0.05) is 12.2 Å². The number of hydroxylamine groups is 1. The van der Waals surface area contributed by atoms with Crippen molar-refractivity contribution in [1.82, 2.24) is 15.0 Å². The van der Waals surface area contributed by atoms with Crippen LogP contribution in [0.3, 0.4) is 0 Å². The fraction of sp³-hybridized carbons (Fsp3) is 0.500. The summed E-state index contributed by atoms with van der Waals surface area (Å²) in [5.74, 6) is -0.285. The third-order valence-corrected chi connectivity index (χ3v) is 3.57. The Balaban J connectivity index is 2.23. The first-order valence-corrected chi connectivity index (χ1v) is 5.87. The van der Waals surface area contributed by atoms with Crippen molar-refractivity contribution in [3.8, 4) is 0 Å². The van der Waals surface area contributed by atoms with Gasteiger partial charge in [-0.3, -0.25) is 19.2 Å². The Hall–Kier alpha value is -1.47. The van der Waals surface area contributed by atoms with Crippen LogP contribution in [0, 0.1) is 4.64 Å². The summed E-state index contributed by atoms with van der Waals surface area (Å²) in [7, 11) is 0. The lowest BCUT2D eigenvalue weighted by Crippen LogP contribution is -2.35. The molecule has 1 aromatic rings. The molecular weight excluding hydrogens is 242 g/mol. The molecule has 2 aliphatic rings. The summed E-state index contributed by atoms with van der Waals surface area (Å²) < 4.78 is 1.98. The smallest absolute Gasteiger partial charge is 0.298 e. The molecule has 1 fully saturated rings. The lowest BCUT2D eigenvalue weighted by atomic mass is 10.2. The Kier molecular flexibility index (Phi) is 2.37. The quantitative estimate of drug-likeness (QED) is 0.691. The largest absolute Gasteiger partial charge is 0.327 e. The minimum atomic E-state index is -0.582. The summed E-state index contributed by atoms with van der Waals surface area (Å²) in [6.07, 6.45) is 2.61. The molecule has 0 saturated carbocycles. The van der Waals surface area contributed by atoms with Crippen molar-refractivity contribution in [1.29, 1.82) is 0 Å². The molecule has 7 heteroatoms. The van der Waals surface area contributed by atoms with Crippen molar-refractivity contribution < 1.29 is 9.63 Å².